The quantitative estimate of drug-likeness (QED) is 0.824. The summed E-state index contributed by atoms with van der Waals surface area (Å²) in [7, 11) is 0. The van der Waals surface area contributed by atoms with Gasteiger partial charge in [-0.2, -0.15) is 0 Å². The van der Waals surface area contributed by atoms with E-state index in [1.807, 2.05) is 6.92 Å². The van der Waals surface area contributed by atoms with E-state index in [0.29, 0.717) is 16.7 Å². The topological polar surface area (TPSA) is 40.7 Å². The van der Waals surface area contributed by atoms with Crippen LogP contribution >= 0.6 is 11.6 Å². The molecule has 0 radical (unpaired) electrons. The lowest BCUT2D eigenvalue weighted by molar-refractivity contribution is 0.628. The minimum Gasteiger partial charge on any atom is -0.328 e. The Hall–Kier alpha value is -1.55. The molecule has 0 bridgehead atoms. The van der Waals surface area contributed by atoms with Gasteiger partial charge in [-0.1, -0.05) is 11.6 Å². The molecule has 1 aromatic carbocycles. The maximum absolute atomic E-state index is 12.9. The summed E-state index contributed by atoms with van der Waals surface area (Å²) < 4.78 is 12.9. The molecule has 0 unspecified atom stereocenters. The molecule has 0 amide bonds. The SMILES string of the molecule is Cc1cnc(Nc2cc(F)ccc2Cl)[nH]1. The number of nitrogens with one attached hydrogen (secondary N) is 2. The van der Waals surface area contributed by atoms with Gasteiger partial charge in [0.05, 0.1) is 10.7 Å². The molecule has 0 saturated carbocycles. The van der Waals surface area contributed by atoms with Crippen LogP contribution in [0.2, 0.25) is 5.02 Å². The van der Waals surface area contributed by atoms with Crippen LogP contribution in [0.25, 0.3) is 0 Å². The summed E-state index contributed by atoms with van der Waals surface area (Å²) in [6.07, 6.45) is 1.68. The third kappa shape index (κ3) is 2.27. The minimum atomic E-state index is -0.342. The molecular weight excluding hydrogens is 217 g/mol. The third-order valence-electron chi connectivity index (χ3n) is 1.88. The number of hydrogen-bond donors (Lipinski definition) is 2. The van der Waals surface area contributed by atoms with Gasteiger partial charge in [0.25, 0.3) is 0 Å². The number of aromatic amines is 1. The van der Waals surface area contributed by atoms with E-state index in [1.54, 1.807) is 6.20 Å². The van der Waals surface area contributed by atoms with Gasteiger partial charge in [0.15, 0.2) is 0 Å². The van der Waals surface area contributed by atoms with E-state index in [9.17, 15) is 4.39 Å². The zero-order chi connectivity index (χ0) is 10.8. The summed E-state index contributed by atoms with van der Waals surface area (Å²) in [5, 5.41) is 3.34. The minimum absolute atomic E-state index is 0.342. The average molecular weight is 226 g/mol. The van der Waals surface area contributed by atoms with Crippen molar-refractivity contribution in [3.05, 3.63) is 40.9 Å². The zero-order valence-electron chi connectivity index (χ0n) is 8.01. The van der Waals surface area contributed by atoms with Crippen molar-refractivity contribution in [1.82, 2.24) is 9.97 Å². The Morgan fingerprint density at radius 2 is 2.27 bits per heavy atom. The van der Waals surface area contributed by atoms with Crippen LogP contribution in [0, 0.1) is 12.7 Å². The first-order valence-corrected chi connectivity index (χ1v) is 4.76. The van der Waals surface area contributed by atoms with Crippen LogP contribution in [0.1, 0.15) is 5.69 Å². The van der Waals surface area contributed by atoms with E-state index >= 15 is 0 Å². The molecule has 0 saturated heterocycles. The van der Waals surface area contributed by atoms with Gasteiger partial charge >= 0.3 is 0 Å². The number of imidazole rings is 1. The van der Waals surface area contributed by atoms with Gasteiger partial charge < -0.3 is 10.3 Å². The number of halogens is 2. The number of aromatic nitrogens is 2. The van der Waals surface area contributed by atoms with Crippen molar-refractivity contribution in [2.24, 2.45) is 0 Å². The number of anilines is 2. The van der Waals surface area contributed by atoms with Crippen molar-refractivity contribution in [3.8, 4) is 0 Å². The maximum atomic E-state index is 12.9. The zero-order valence-corrected chi connectivity index (χ0v) is 8.77. The average Bonchev–Trinajstić information content (AvgIpc) is 2.58. The summed E-state index contributed by atoms with van der Waals surface area (Å²) >= 11 is 5.88. The summed E-state index contributed by atoms with van der Waals surface area (Å²) in [6, 6.07) is 4.12. The second-order valence-corrected chi connectivity index (χ2v) is 3.57. The second-order valence-electron chi connectivity index (χ2n) is 3.16. The molecule has 78 valence electrons. The first kappa shape index (κ1) is 9.98. The number of hydrogen-bond acceptors (Lipinski definition) is 2. The molecular formula is C10H9ClFN3. The Morgan fingerprint density at radius 1 is 1.47 bits per heavy atom. The van der Waals surface area contributed by atoms with Crippen molar-refractivity contribution < 1.29 is 4.39 Å². The predicted octanol–water partition coefficient (Wildman–Crippen LogP) is 3.25. The van der Waals surface area contributed by atoms with Crippen LogP contribution in [0.4, 0.5) is 16.0 Å². The molecule has 0 atom stereocenters. The van der Waals surface area contributed by atoms with Crippen LogP contribution in [0.3, 0.4) is 0 Å². The molecule has 1 heterocycles. The summed E-state index contributed by atoms with van der Waals surface area (Å²) in [6.45, 7) is 1.88. The molecule has 0 fully saturated rings. The fraction of sp³-hybridized carbons (Fsp3) is 0.100. The summed E-state index contributed by atoms with van der Waals surface area (Å²) in [5.41, 5.74) is 1.41. The predicted molar refractivity (Wildman–Crippen MR) is 58.0 cm³/mol. The standard InChI is InChI=1S/C10H9ClFN3/c1-6-5-13-10(14-6)15-9-4-7(12)2-3-8(9)11/h2-5H,1H3,(H2,13,14,15). The Kier molecular flexibility index (Phi) is 2.60. The van der Waals surface area contributed by atoms with E-state index in [1.165, 1.54) is 18.2 Å². The van der Waals surface area contributed by atoms with Gasteiger partial charge in [0.1, 0.15) is 5.82 Å². The van der Waals surface area contributed by atoms with Crippen LogP contribution in [0.5, 0.6) is 0 Å². The van der Waals surface area contributed by atoms with Gasteiger partial charge in [-0.05, 0) is 25.1 Å². The maximum Gasteiger partial charge on any atom is 0.204 e. The lowest BCUT2D eigenvalue weighted by Gasteiger charge is -2.04. The van der Waals surface area contributed by atoms with Crippen LogP contribution in [-0.4, -0.2) is 9.97 Å². The van der Waals surface area contributed by atoms with Gasteiger partial charge in [-0.25, -0.2) is 9.37 Å². The van der Waals surface area contributed by atoms with Crippen molar-refractivity contribution in [2.75, 3.05) is 5.32 Å². The first-order chi connectivity index (χ1) is 7.15. The highest BCUT2D eigenvalue weighted by atomic mass is 35.5. The van der Waals surface area contributed by atoms with Gasteiger partial charge in [0.2, 0.25) is 5.95 Å². The smallest absolute Gasteiger partial charge is 0.204 e. The Labute approximate surface area is 91.3 Å². The van der Waals surface area contributed by atoms with E-state index in [2.05, 4.69) is 15.3 Å². The van der Waals surface area contributed by atoms with Crippen molar-refractivity contribution in [2.45, 2.75) is 6.92 Å². The molecule has 0 aliphatic rings. The van der Waals surface area contributed by atoms with Crippen molar-refractivity contribution in [1.29, 1.82) is 0 Å². The molecule has 2 rings (SSSR count). The van der Waals surface area contributed by atoms with E-state index < -0.39 is 0 Å². The van der Waals surface area contributed by atoms with Crippen LogP contribution < -0.4 is 5.32 Å². The Balaban J connectivity index is 2.27. The van der Waals surface area contributed by atoms with E-state index in [4.69, 9.17) is 11.6 Å². The van der Waals surface area contributed by atoms with Crippen LogP contribution in [0.15, 0.2) is 24.4 Å². The molecule has 3 nitrogen and oxygen atoms in total. The van der Waals surface area contributed by atoms with E-state index in [0.717, 1.165) is 5.69 Å². The highest BCUT2D eigenvalue weighted by Gasteiger charge is 2.04. The van der Waals surface area contributed by atoms with Gasteiger partial charge in [-0.15, -0.1) is 0 Å². The molecule has 2 aromatic rings. The number of H-pyrrole nitrogens is 1. The van der Waals surface area contributed by atoms with Gasteiger partial charge in [0, 0.05) is 11.9 Å². The summed E-state index contributed by atoms with van der Waals surface area (Å²) in [5.74, 6) is 0.199. The Morgan fingerprint density at radius 3 is 2.93 bits per heavy atom. The third-order valence-corrected chi connectivity index (χ3v) is 2.21. The molecule has 0 aliphatic carbocycles. The molecule has 1 aromatic heterocycles. The first-order valence-electron chi connectivity index (χ1n) is 4.39. The largest absolute Gasteiger partial charge is 0.328 e. The highest BCUT2D eigenvalue weighted by molar-refractivity contribution is 6.33. The van der Waals surface area contributed by atoms with Crippen molar-refractivity contribution in [3.63, 3.8) is 0 Å². The van der Waals surface area contributed by atoms with E-state index in [-0.39, 0.29) is 5.82 Å². The number of nitrogens with zero attached hydrogens (tertiary/aromatic N) is 1. The van der Waals surface area contributed by atoms with Crippen molar-refractivity contribution >= 4 is 23.2 Å². The lowest BCUT2D eigenvalue weighted by Crippen LogP contribution is -1.94. The number of rotatable bonds is 2. The summed E-state index contributed by atoms with van der Waals surface area (Å²) in [4.78, 5) is 7.00. The highest BCUT2D eigenvalue weighted by Crippen LogP contribution is 2.24. The molecule has 0 aliphatic heterocycles. The second kappa shape index (κ2) is 3.90. The normalized spacial score (nSPS) is 10.3. The number of aryl methyl sites for hydroxylation is 1. The molecule has 5 heteroatoms. The van der Waals surface area contributed by atoms with Gasteiger partial charge in [-0.3, -0.25) is 0 Å². The fourth-order valence-electron chi connectivity index (χ4n) is 1.20. The lowest BCUT2D eigenvalue weighted by atomic mass is 10.3. The monoisotopic (exact) mass is 225 g/mol. The Bertz CT molecular complexity index is 481. The number of benzene rings is 1. The fourth-order valence-corrected chi connectivity index (χ4v) is 1.36. The molecule has 2 N–H and O–H groups in total. The molecule has 15 heavy (non-hydrogen) atoms. The molecule has 0 spiro atoms. The van der Waals surface area contributed by atoms with Crippen LogP contribution in [-0.2, 0) is 0 Å².